The van der Waals surface area contributed by atoms with Gasteiger partial charge in [-0.15, -0.1) is 18.0 Å². The molecule has 1 rings (SSSR count). The van der Waals surface area contributed by atoms with Gasteiger partial charge in [-0.05, 0) is 19.8 Å². The van der Waals surface area contributed by atoms with E-state index in [1.807, 2.05) is 0 Å². The van der Waals surface area contributed by atoms with Crippen LogP contribution in [0.2, 0.25) is 0 Å². The van der Waals surface area contributed by atoms with Crippen molar-refractivity contribution in [2.45, 2.75) is 25.1 Å². The summed E-state index contributed by atoms with van der Waals surface area (Å²) in [5.41, 5.74) is 0. The molecule has 4 heteroatoms. The van der Waals surface area contributed by atoms with Crippen molar-refractivity contribution in [1.29, 1.82) is 0 Å². The topological polar surface area (TPSA) is 20.3 Å². The Morgan fingerprint density at radius 2 is 2.36 bits per heavy atom. The van der Waals surface area contributed by atoms with Crippen molar-refractivity contribution in [1.82, 2.24) is 4.90 Å². The molecule has 0 aromatic carbocycles. The number of rotatable bonds is 3. The maximum absolute atomic E-state index is 11.7. The van der Waals surface area contributed by atoms with Crippen LogP contribution in [0.5, 0.6) is 0 Å². The Labute approximate surface area is 94.6 Å². The summed E-state index contributed by atoms with van der Waals surface area (Å²) < 4.78 is 0. The minimum absolute atomic E-state index is 0.0282. The Balaban J connectivity index is 2.67. The molecule has 0 aromatic heterocycles. The second-order valence-corrected chi connectivity index (χ2v) is 4.43. The maximum atomic E-state index is 11.7. The largest absolute Gasteiger partial charge is 0.293 e. The molecule has 1 unspecified atom stereocenters. The number of hydrogen-bond acceptors (Lipinski definition) is 2. The van der Waals surface area contributed by atoms with Crippen molar-refractivity contribution < 1.29 is 4.79 Å². The minimum Gasteiger partial charge on any atom is -0.293 e. The molecule has 0 saturated heterocycles. The van der Waals surface area contributed by atoms with Crippen LogP contribution in [0.15, 0.2) is 0 Å². The molecule has 0 aromatic rings. The number of amides is 1. The normalized spacial score (nSPS) is 16.9. The highest BCUT2D eigenvalue weighted by Gasteiger charge is 2.35. The molecule has 1 amide bonds. The highest BCUT2D eigenvalue weighted by atomic mass is 35.5. The van der Waals surface area contributed by atoms with Gasteiger partial charge in [-0.3, -0.25) is 9.69 Å². The van der Waals surface area contributed by atoms with Crippen molar-refractivity contribution in [3.05, 3.63) is 0 Å². The molecule has 0 spiro atoms. The van der Waals surface area contributed by atoms with Gasteiger partial charge in [0.1, 0.15) is 4.99 Å². The van der Waals surface area contributed by atoms with Gasteiger partial charge < -0.3 is 0 Å². The molecule has 0 radical (unpaired) electrons. The van der Waals surface area contributed by atoms with E-state index in [-0.39, 0.29) is 23.7 Å². The maximum Gasteiger partial charge on any atom is 0.231 e. The molecule has 0 aliphatic heterocycles. The molecule has 0 N–H and O–H groups in total. The lowest BCUT2D eigenvalue weighted by Gasteiger charge is -2.22. The van der Waals surface area contributed by atoms with Crippen LogP contribution in [-0.4, -0.2) is 27.7 Å². The monoisotopic (exact) mass is 229 g/mol. The molecule has 0 heterocycles. The van der Waals surface area contributed by atoms with E-state index in [0.717, 1.165) is 12.8 Å². The van der Waals surface area contributed by atoms with Crippen molar-refractivity contribution in [3.63, 3.8) is 0 Å². The van der Waals surface area contributed by atoms with Crippen LogP contribution in [0.3, 0.4) is 0 Å². The summed E-state index contributed by atoms with van der Waals surface area (Å²) in [6.07, 6.45) is 7.07. The lowest BCUT2D eigenvalue weighted by Crippen LogP contribution is -2.40. The van der Waals surface area contributed by atoms with E-state index in [2.05, 4.69) is 5.92 Å². The van der Waals surface area contributed by atoms with E-state index < -0.39 is 0 Å². The number of carbonyl (C=O) groups is 1. The van der Waals surface area contributed by atoms with Crippen LogP contribution < -0.4 is 0 Å². The summed E-state index contributed by atoms with van der Waals surface area (Å²) >= 11 is 10.9. The average Bonchev–Trinajstić information content (AvgIpc) is 2.95. The summed E-state index contributed by atoms with van der Waals surface area (Å²) in [5.74, 6) is 2.58. The first-order chi connectivity index (χ1) is 6.57. The molecule has 0 bridgehead atoms. The zero-order chi connectivity index (χ0) is 10.7. The fourth-order valence-electron chi connectivity index (χ4n) is 1.12. The molecule has 76 valence electrons. The van der Waals surface area contributed by atoms with Gasteiger partial charge in [-0.2, -0.15) is 0 Å². The second-order valence-electron chi connectivity index (χ2n) is 3.36. The smallest absolute Gasteiger partial charge is 0.231 e. The highest BCUT2D eigenvalue weighted by Crippen LogP contribution is 2.31. The predicted molar refractivity (Wildman–Crippen MR) is 61.2 cm³/mol. The number of hydrogen-bond donors (Lipinski definition) is 0. The Hall–Kier alpha value is -0.590. The zero-order valence-electron chi connectivity index (χ0n) is 8.00. The van der Waals surface area contributed by atoms with Gasteiger partial charge in [-0.25, -0.2) is 0 Å². The van der Waals surface area contributed by atoms with Crippen LogP contribution >= 0.6 is 23.8 Å². The van der Waals surface area contributed by atoms with Gasteiger partial charge in [0.2, 0.25) is 5.91 Å². The van der Waals surface area contributed by atoms with Crippen LogP contribution in [0.4, 0.5) is 0 Å². The van der Waals surface area contributed by atoms with E-state index in [0.29, 0.717) is 4.99 Å². The van der Waals surface area contributed by atoms with Gasteiger partial charge in [0, 0.05) is 5.92 Å². The number of thiocarbonyl (C=S) groups is 1. The van der Waals surface area contributed by atoms with Crippen molar-refractivity contribution in [2.75, 3.05) is 6.54 Å². The molecule has 1 aliphatic rings. The highest BCUT2D eigenvalue weighted by molar-refractivity contribution is 7.80. The summed E-state index contributed by atoms with van der Waals surface area (Å²) in [4.78, 5) is 13.6. The van der Waals surface area contributed by atoms with E-state index in [9.17, 15) is 4.79 Å². The molecule has 14 heavy (non-hydrogen) atoms. The fraction of sp³-hybridized carbons (Fsp3) is 0.600. The third-order valence-electron chi connectivity index (χ3n) is 2.05. The Bertz CT molecular complexity index is 277. The zero-order valence-corrected chi connectivity index (χ0v) is 9.57. The molecule has 1 aliphatic carbocycles. The van der Waals surface area contributed by atoms with E-state index in [4.69, 9.17) is 30.2 Å². The minimum atomic E-state index is -0.332. The van der Waals surface area contributed by atoms with Crippen LogP contribution in [0.25, 0.3) is 0 Å². The fourth-order valence-corrected chi connectivity index (χ4v) is 1.39. The third-order valence-corrected chi connectivity index (χ3v) is 2.96. The van der Waals surface area contributed by atoms with Crippen LogP contribution in [-0.2, 0) is 4.79 Å². The second kappa shape index (κ2) is 4.77. The molecular weight excluding hydrogens is 218 g/mol. The van der Waals surface area contributed by atoms with Crippen LogP contribution in [0, 0.1) is 18.3 Å². The van der Waals surface area contributed by atoms with Crippen LogP contribution in [0.1, 0.15) is 19.8 Å². The molecular formula is C10H12ClNOS. The summed E-state index contributed by atoms with van der Waals surface area (Å²) in [6.45, 7) is 1.97. The standard InChI is InChI=1S/C10H12ClNOS/c1-3-6-12(10(14)7(2)11)9(13)8-4-5-8/h1,7-8H,4-6H2,2H3. The first kappa shape index (κ1) is 11.5. The average molecular weight is 230 g/mol. The molecule has 2 nitrogen and oxygen atoms in total. The van der Waals surface area contributed by atoms with Gasteiger partial charge >= 0.3 is 0 Å². The SMILES string of the molecule is C#CCN(C(=O)C1CC1)C(=S)C(C)Cl. The Morgan fingerprint density at radius 1 is 1.79 bits per heavy atom. The summed E-state index contributed by atoms with van der Waals surface area (Å²) in [6, 6.07) is 0. The Morgan fingerprint density at radius 3 is 2.71 bits per heavy atom. The van der Waals surface area contributed by atoms with E-state index in [1.54, 1.807) is 6.92 Å². The third kappa shape index (κ3) is 2.70. The van der Waals surface area contributed by atoms with Gasteiger partial charge in [-0.1, -0.05) is 18.1 Å². The number of halogens is 1. The van der Waals surface area contributed by atoms with Gasteiger partial charge in [0.05, 0.1) is 11.9 Å². The molecule has 1 saturated carbocycles. The molecule has 1 fully saturated rings. The first-order valence-electron chi connectivity index (χ1n) is 4.50. The predicted octanol–water partition coefficient (Wildman–Crippen LogP) is 1.81. The van der Waals surface area contributed by atoms with E-state index >= 15 is 0 Å². The number of carbonyl (C=O) groups excluding carboxylic acids is 1. The summed E-state index contributed by atoms with van der Waals surface area (Å²) in [7, 11) is 0. The number of terminal acetylenes is 1. The van der Waals surface area contributed by atoms with Crippen molar-refractivity contribution in [2.24, 2.45) is 5.92 Å². The number of alkyl halides is 1. The van der Waals surface area contributed by atoms with Crippen molar-refractivity contribution in [3.8, 4) is 12.3 Å². The van der Waals surface area contributed by atoms with Crippen molar-refractivity contribution >= 4 is 34.7 Å². The Kier molecular flexibility index (Phi) is 3.91. The van der Waals surface area contributed by atoms with Gasteiger partial charge in [0.25, 0.3) is 0 Å². The number of nitrogens with zero attached hydrogens (tertiary/aromatic N) is 1. The lowest BCUT2D eigenvalue weighted by molar-refractivity contribution is -0.128. The van der Waals surface area contributed by atoms with Gasteiger partial charge in [0.15, 0.2) is 0 Å². The van der Waals surface area contributed by atoms with E-state index in [1.165, 1.54) is 4.90 Å². The lowest BCUT2D eigenvalue weighted by atomic mass is 10.3. The summed E-state index contributed by atoms with van der Waals surface area (Å²) in [5, 5.41) is -0.332. The molecule has 1 atom stereocenters. The quantitative estimate of drug-likeness (QED) is 0.418. The first-order valence-corrected chi connectivity index (χ1v) is 5.35.